The maximum Gasteiger partial charge on any atom is 0.253 e. The van der Waals surface area contributed by atoms with Crippen LogP contribution in [0, 0.1) is 5.82 Å². The molecule has 2 rings (SSSR count). The van der Waals surface area contributed by atoms with Gasteiger partial charge >= 0.3 is 0 Å². The molecule has 0 saturated carbocycles. The van der Waals surface area contributed by atoms with Crippen molar-refractivity contribution >= 4 is 40.9 Å². The van der Waals surface area contributed by atoms with Crippen LogP contribution >= 0.6 is 23.2 Å². The molecule has 3 N–H and O–H groups in total. The van der Waals surface area contributed by atoms with Gasteiger partial charge in [0.05, 0.1) is 23.7 Å². The molecular weight excluding hydrogens is 408 g/mol. The van der Waals surface area contributed by atoms with Crippen LogP contribution < -0.4 is 16.0 Å². The van der Waals surface area contributed by atoms with Crippen molar-refractivity contribution in [2.45, 2.75) is 6.42 Å². The normalized spacial score (nSPS) is 10.2. The van der Waals surface area contributed by atoms with Gasteiger partial charge in [0.15, 0.2) is 0 Å². The van der Waals surface area contributed by atoms with Crippen LogP contribution in [0.2, 0.25) is 10.0 Å². The Balaban J connectivity index is 1.65. The Bertz CT molecular complexity index is 860. The van der Waals surface area contributed by atoms with E-state index in [4.69, 9.17) is 23.2 Å². The standard InChI is InChI=1S/C19H18Cl2FN3O3/c20-13-3-6-15(16(21)9-13)19(28)25-11-18(27)24-10-17(26)23-8-7-12-1-4-14(22)5-2-12/h1-6,9H,7-8,10-11H2,(H,23,26)(H,24,27)(H,25,28). The van der Waals surface area contributed by atoms with E-state index in [-0.39, 0.29) is 35.4 Å². The van der Waals surface area contributed by atoms with E-state index in [1.54, 1.807) is 12.1 Å². The first-order chi connectivity index (χ1) is 13.3. The Morgan fingerprint density at radius 2 is 1.50 bits per heavy atom. The highest BCUT2D eigenvalue weighted by Gasteiger charge is 2.12. The van der Waals surface area contributed by atoms with Crippen LogP contribution in [0.25, 0.3) is 0 Å². The largest absolute Gasteiger partial charge is 0.354 e. The molecule has 0 heterocycles. The van der Waals surface area contributed by atoms with Crippen LogP contribution in [0.5, 0.6) is 0 Å². The zero-order chi connectivity index (χ0) is 20.5. The molecule has 9 heteroatoms. The van der Waals surface area contributed by atoms with Crippen LogP contribution in [0.3, 0.4) is 0 Å². The summed E-state index contributed by atoms with van der Waals surface area (Å²) in [7, 11) is 0. The number of rotatable bonds is 8. The van der Waals surface area contributed by atoms with Gasteiger partial charge in [-0.05, 0) is 42.3 Å². The SMILES string of the molecule is O=C(CNC(=O)CNC(=O)c1ccc(Cl)cc1Cl)NCCc1ccc(F)cc1. The highest BCUT2D eigenvalue weighted by molar-refractivity contribution is 6.36. The molecule has 0 atom stereocenters. The summed E-state index contributed by atoms with van der Waals surface area (Å²) in [6.45, 7) is -0.174. The quantitative estimate of drug-likeness (QED) is 0.606. The molecule has 0 spiro atoms. The lowest BCUT2D eigenvalue weighted by molar-refractivity contribution is -0.125. The number of hydrogen-bond donors (Lipinski definition) is 3. The molecule has 0 aliphatic heterocycles. The van der Waals surface area contributed by atoms with Crippen LogP contribution in [-0.4, -0.2) is 37.4 Å². The minimum absolute atomic E-state index is 0.172. The summed E-state index contributed by atoms with van der Waals surface area (Å²) < 4.78 is 12.8. The number of halogens is 3. The third-order valence-electron chi connectivity index (χ3n) is 3.68. The first-order valence-electron chi connectivity index (χ1n) is 8.36. The number of benzene rings is 2. The van der Waals surface area contributed by atoms with Gasteiger partial charge in [-0.15, -0.1) is 0 Å². The second-order valence-corrected chi connectivity index (χ2v) is 6.65. The molecule has 148 valence electrons. The van der Waals surface area contributed by atoms with Gasteiger partial charge < -0.3 is 16.0 Å². The van der Waals surface area contributed by atoms with Crippen LogP contribution in [0.4, 0.5) is 4.39 Å². The minimum atomic E-state index is -0.527. The lowest BCUT2D eigenvalue weighted by Gasteiger charge is -2.09. The molecule has 28 heavy (non-hydrogen) atoms. The summed E-state index contributed by atoms with van der Waals surface area (Å²) in [5, 5.41) is 8.02. The minimum Gasteiger partial charge on any atom is -0.354 e. The van der Waals surface area contributed by atoms with E-state index in [2.05, 4.69) is 16.0 Å². The Hall–Kier alpha value is -2.64. The lowest BCUT2D eigenvalue weighted by atomic mass is 10.1. The first kappa shape index (κ1) is 21.7. The Morgan fingerprint density at radius 3 is 2.18 bits per heavy atom. The summed E-state index contributed by atoms with van der Waals surface area (Å²) in [6, 6.07) is 10.4. The molecular formula is C19H18Cl2FN3O3. The topological polar surface area (TPSA) is 87.3 Å². The third kappa shape index (κ3) is 7.17. The van der Waals surface area contributed by atoms with Crippen molar-refractivity contribution in [2.24, 2.45) is 0 Å². The second kappa shape index (κ2) is 10.6. The van der Waals surface area contributed by atoms with E-state index in [1.165, 1.54) is 30.3 Å². The lowest BCUT2D eigenvalue weighted by Crippen LogP contribution is -2.42. The van der Waals surface area contributed by atoms with E-state index in [9.17, 15) is 18.8 Å². The van der Waals surface area contributed by atoms with Crippen molar-refractivity contribution in [2.75, 3.05) is 19.6 Å². The highest BCUT2D eigenvalue weighted by Crippen LogP contribution is 2.20. The van der Waals surface area contributed by atoms with Crippen LogP contribution in [0.1, 0.15) is 15.9 Å². The maximum absolute atomic E-state index is 12.8. The fraction of sp³-hybridized carbons (Fsp3) is 0.211. The summed E-state index contributed by atoms with van der Waals surface area (Å²) in [6.07, 6.45) is 0.540. The monoisotopic (exact) mass is 425 g/mol. The Kier molecular flexibility index (Phi) is 8.22. The van der Waals surface area contributed by atoms with Crippen molar-refractivity contribution in [3.8, 4) is 0 Å². The average molecular weight is 426 g/mol. The molecule has 0 bridgehead atoms. The van der Waals surface area contributed by atoms with Gasteiger partial charge in [-0.1, -0.05) is 35.3 Å². The van der Waals surface area contributed by atoms with Gasteiger partial charge in [0, 0.05) is 11.6 Å². The molecule has 0 fully saturated rings. The molecule has 0 aliphatic carbocycles. The summed E-state index contributed by atoms with van der Waals surface area (Å²) >= 11 is 11.7. The van der Waals surface area contributed by atoms with Crippen molar-refractivity contribution in [3.63, 3.8) is 0 Å². The molecule has 0 saturated heterocycles. The molecule has 0 aromatic heterocycles. The van der Waals surface area contributed by atoms with Gasteiger partial charge in [0.2, 0.25) is 11.8 Å². The Morgan fingerprint density at radius 1 is 0.857 bits per heavy atom. The number of nitrogens with one attached hydrogen (secondary N) is 3. The molecule has 2 aromatic rings. The number of amides is 3. The molecule has 0 aliphatic rings. The predicted molar refractivity (Wildman–Crippen MR) is 105 cm³/mol. The average Bonchev–Trinajstić information content (AvgIpc) is 2.66. The second-order valence-electron chi connectivity index (χ2n) is 5.81. The van der Waals surface area contributed by atoms with E-state index >= 15 is 0 Å². The van der Waals surface area contributed by atoms with Crippen molar-refractivity contribution in [1.82, 2.24) is 16.0 Å². The van der Waals surface area contributed by atoms with E-state index in [0.29, 0.717) is 18.0 Å². The van der Waals surface area contributed by atoms with Crippen LogP contribution in [0.15, 0.2) is 42.5 Å². The molecule has 0 radical (unpaired) electrons. The third-order valence-corrected chi connectivity index (χ3v) is 4.23. The highest BCUT2D eigenvalue weighted by atomic mass is 35.5. The predicted octanol–water partition coefficient (Wildman–Crippen LogP) is 2.34. The van der Waals surface area contributed by atoms with Gasteiger partial charge in [-0.3, -0.25) is 14.4 Å². The van der Waals surface area contributed by atoms with Crippen LogP contribution in [-0.2, 0) is 16.0 Å². The molecule has 0 unspecified atom stereocenters. The number of carbonyl (C=O) groups excluding carboxylic acids is 3. The fourth-order valence-corrected chi connectivity index (χ4v) is 2.72. The smallest absolute Gasteiger partial charge is 0.253 e. The van der Waals surface area contributed by atoms with Crippen molar-refractivity contribution < 1.29 is 18.8 Å². The van der Waals surface area contributed by atoms with Gasteiger partial charge in [0.1, 0.15) is 5.82 Å². The van der Waals surface area contributed by atoms with E-state index < -0.39 is 11.8 Å². The van der Waals surface area contributed by atoms with E-state index in [0.717, 1.165) is 5.56 Å². The zero-order valence-electron chi connectivity index (χ0n) is 14.7. The van der Waals surface area contributed by atoms with Gasteiger partial charge in [-0.25, -0.2) is 4.39 Å². The maximum atomic E-state index is 12.8. The van der Waals surface area contributed by atoms with Crippen molar-refractivity contribution in [3.05, 3.63) is 69.5 Å². The van der Waals surface area contributed by atoms with Gasteiger partial charge in [0.25, 0.3) is 5.91 Å². The van der Waals surface area contributed by atoms with Gasteiger partial charge in [-0.2, -0.15) is 0 Å². The zero-order valence-corrected chi connectivity index (χ0v) is 16.2. The van der Waals surface area contributed by atoms with Crippen molar-refractivity contribution in [1.29, 1.82) is 0 Å². The Labute approximate surface area is 171 Å². The fourth-order valence-electron chi connectivity index (χ4n) is 2.23. The summed E-state index contributed by atoms with van der Waals surface area (Å²) in [5.74, 6) is -1.74. The number of hydrogen-bond acceptors (Lipinski definition) is 3. The first-order valence-corrected chi connectivity index (χ1v) is 9.12. The molecule has 6 nitrogen and oxygen atoms in total. The molecule has 2 aromatic carbocycles. The van der Waals surface area contributed by atoms with E-state index in [1.807, 2.05) is 0 Å². The summed E-state index contributed by atoms with van der Waals surface area (Å²) in [4.78, 5) is 35.5. The number of carbonyl (C=O) groups is 3. The summed E-state index contributed by atoms with van der Waals surface area (Å²) in [5.41, 5.74) is 1.08. The molecule has 3 amide bonds.